The zero-order chi connectivity index (χ0) is 14.6. The number of aryl methyl sites for hydroxylation is 1. The van der Waals surface area contributed by atoms with E-state index in [1.807, 2.05) is 37.3 Å². The summed E-state index contributed by atoms with van der Waals surface area (Å²) in [7, 11) is 0. The Morgan fingerprint density at radius 2 is 1.85 bits per heavy atom. The van der Waals surface area contributed by atoms with Crippen molar-refractivity contribution >= 4 is 0 Å². The molecule has 0 radical (unpaired) electrons. The summed E-state index contributed by atoms with van der Waals surface area (Å²) in [4.78, 5) is 4.16. The van der Waals surface area contributed by atoms with Crippen LogP contribution in [0.3, 0.4) is 0 Å². The second kappa shape index (κ2) is 6.06. The van der Waals surface area contributed by atoms with Crippen LogP contribution in [0, 0.1) is 6.92 Å². The fourth-order valence-electron chi connectivity index (χ4n) is 2.03. The first-order chi connectivity index (χ1) is 9.54. The molecule has 0 amide bonds. The third kappa shape index (κ3) is 3.17. The van der Waals surface area contributed by atoms with Gasteiger partial charge in [0.25, 0.3) is 0 Å². The Bertz CT molecular complexity index is 561. The van der Waals surface area contributed by atoms with E-state index in [-0.39, 0.29) is 0 Å². The van der Waals surface area contributed by atoms with E-state index < -0.39 is 5.60 Å². The number of aliphatic hydroxyl groups is 1. The lowest BCUT2D eigenvalue weighted by molar-refractivity contribution is 0.101. The van der Waals surface area contributed by atoms with E-state index in [4.69, 9.17) is 4.74 Å². The largest absolute Gasteiger partial charge is 0.492 e. The standard InChI is InChI=1S/C17H21NO2/c1-4-9-20-16-10-15(11-18-12-16)17(3,19)14-7-5-13(2)6-8-14/h5-8,10-12,19H,4,9H2,1-3H3. The zero-order valence-corrected chi connectivity index (χ0v) is 12.3. The van der Waals surface area contributed by atoms with Gasteiger partial charge in [0.2, 0.25) is 0 Å². The van der Waals surface area contributed by atoms with Crippen LogP contribution in [0.2, 0.25) is 0 Å². The molecular weight excluding hydrogens is 250 g/mol. The third-order valence-electron chi connectivity index (χ3n) is 3.36. The van der Waals surface area contributed by atoms with Crippen LogP contribution in [0.15, 0.2) is 42.7 Å². The van der Waals surface area contributed by atoms with E-state index in [2.05, 4.69) is 11.9 Å². The molecule has 0 aliphatic rings. The minimum absolute atomic E-state index is 0.651. The highest BCUT2D eigenvalue weighted by atomic mass is 16.5. The van der Waals surface area contributed by atoms with E-state index in [1.54, 1.807) is 19.3 Å². The van der Waals surface area contributed by atoms with Crippen molar-refractivity contribution in [2.75, 3.05) is 6.61 Å². The van der Waals surface area contributed by atoms with Gasteiger partial charge in [0.1, 0.15) is 11.4 Å². The molecule has 106 valence electrons. The summed E-state index contributed by atoms with van der Waals surface area (Å²) < 4.78 is 5.57. The van der Waals surface area contributed by atoms with Crippen molar-refractivity contribution in [2.24, 2.45) is 0 Å². The van der Waals surface area contributed by atoms with Gasteiger partial charge in [-0.25, -0.2) is 0 Å². The summed E-state index contributed by atoms with van der Waals surface area (Å²) in [6.07, 6.45) is 4.29. The number of hydrogen-bond acceptors (Lipinski definition) is 3. The second-order valence-corrected chi connectivity index (χ2v) is 5.20. The molecule has 0 spiro atoms. The van der Waals surface area contributed by atoms with E-state index in [9.17, 15) is 5.11 Å². The maximum Gasteiger partial charge on any atom is 0.137 e. The monoisotopic (exact) mass is 271 g/mol. The van der Waals surface area contributed by atoms with Gasteiger partial charge in [-0.3, -0.25) is 4.98 Å². The van der Waals surface area contributed by atoms with Crippen LogP contribution in [0.4, 0.5) is 0 Å². The molecule has 0 saturated carbocycles. The summed E-state index contributed by atoms with van der Waals surface area (Å²) in [5, 5.41) is 10.8. The summed E-state index contributed by atoms with van der Waals surface area (Å²) in [5.41, 5.74) is 1.67. The molecule has 1 aromatic carbocycles. The number of aromatic nitrogens is 1. The summed E-state index contributed by atoms with van der Waals surface area (Å²) in [5.74, 6) is 0.691. The SMILES string of the molecule is CCCOc1cncc(C(C)(O)c2ccc(C)cc2)c1. The van der Waals surface area contributed by atoms with Crippen molar-refractivity contribution in [3.63, 3.8) is 0 Å². The smallest absolute Gasteiger partial charge is 0.137 e. The summed E-state index contributed by atoms with van der Waals surface area (Å²) in [6.45, 7) is 6.51. The Hall–Kier alpha value is -1.87. The Kier molecular flexibility index (Phi) is 4.40. The van der Waals surface area contributed by atoms with E-state index in [0.717, 1.165) is 17.5 Å². The number of pyridine rings is 1. The number of hydrogen-bond donors (Lipinski definition) is 1. The molecule has 1 heterocycles. The minimum atomic E-state index is -1.08. The van der Waals surface area contributed by atoms with Gasteiger partial charge >= 0.3 is 0 Å². The molecule has 0 aliphatic heterocycles. The van der Waals surface area contributed by atoms with Gasteiger partial charge in [-0.15, -0.1) is 0 Å². The first kappa shape index (κ1) is 14.5. The van der Waals surface area contributed by atoms with Crippen LogP contribution in [0.5, 0.6) is 5.75 Å². The lowest BCUT2D eigenvalue weighted by Gasteiger charge is -2.24. The molecule has 20 heavy (non-hydrogen) atoms. The third-order valence-corrected chi connectivity index (χ3v) is 3.36. The van der Waals surface area contributed by atoms with Gasteiger partial charge in [0, 0.05) is 11.8 Å². The van der Waals surface area contributed by atoms with Crippen molar-refractivity contribution < 1.29 is 9.84 Å². The molecule has 0 saturated heterocycles. The minimum Gasteiger partial charge on any atom is -0.492 e. The van der Waals surface area contributed by atoms with E-state index >= 15 is 0 Å². The predicted molar refractivity (Wildman–Crippen MR) is 79.9 cm³/mol. The molecule has 1 unspecified atom stereocenters. The fraction of sp³-hybridized carbons (Fsp3) is 0.353. The van der Waals surface area contributed by atoms with Crippen LogP contribution < -0.4 is 4.74 Å². The predicted octanol–water partition coefficient (Wildman–Crippen LogP) is 3.43. The molecule has 0 bridgehead atoms. The van der Waals surface area contributed by atoms with Gasteiger partial charge in [0.15, 0.2) is 0 Å². The summed E-state index contributed by atoms with van der Waals surface area (Å²) >= 11 is 0. The van der Waals surface area contributed by atoms with Gasteiger partial charge in [0.05, 0.1) is 12.8 Å². The number of ether oxygens (including phenoxy) is 1. The normalized spacial score (nSPS) is 13.8. The van der Waals surface area contributed by atoms with Crippen LogP contribution in [0.1, 0.15) is 37.0 Å². The Balaban J connectivity index is 2.30. The molecule has 1 aromatic heterocycles. The lowest BCUT2D eigenvalue weighted by Crippen LogP contribution is -2.23. The van der Waals surface area contributed by atoms with Crippen molar-refractivity contribution in [1.29, 1.82) is 0 Å². The molecule has 1 atom stereocenters. The van der Waals surface area contributed by atoms with Crippen molar-refractivity contribution in [3.8, 4) is 5.75 Å². The van der Waals surface area contributed by atoms with Crippen molar-refractivity contribution in [1.82, 2.24) is 4.98 Å². The second-order valence-electron chi connectivity index (χ2n) is 5.20. The molecule has 2 rings (SSSR count). The average Bonchev–Trinajstić information content (AvgIpc) is 2.46. The van der Waals surface area contributed by atoms with Crippen LogP contribution in [0.25, 0.3) is 0 Å². The molecule has 3 nitrogen and oxygen atoms in total. The van der Waals surface area contributed by atoms with E-state index in [0.29, 0.717) is 12.4 Å². The first-order valence-corrected chi connectivity index (χ1v) is 6.92. The molecule has 0 aliphatic carbocycles. The average molecular weight is 271 g/mol. The van der Waals surface area contributed by atoms with Gasteiger partial charge in [-0.05, 0) is 31.9 Å². The molecule has 2 aromatic rings. The van der Waals surface area contributed by atoms with Crippen LogP contribution in [-0.2, 0) is 5.60 Å². The maximum atomic E-state index is 10.8. The van der Waals surface area contributed by atoms with Crippen LogP contribution >= 0.6 is 0 Å². The number of benzene rings is 1. The van der Waals surface area contributed by atoms with E-state index in [1.165, 1.54) is 5.56 Å². The molecule has 3 heteroatoms. The lowest BCUT2D eigenvalue weighted by atomic mass is 9.89. The van der Waals surface area contributed by atoms with Gasteiger partial charge in [-0.1, -0.05) is 36.8 Å². The van der Waals surface area contributed by atoms with Gasteiger partial charge < -0.3 is 9.84 Å². The first-order valence-electron chi connectivity index (χ1n) is 6.92. The number of nitrogens with zero attached hydrogens (tertiary/aromatic N) is 1. The Morgan fingerprint density at radius 1 is 1.15 bits per heavy atom. The fourth-order valence-corrected chi connectivity index (χ4v) is 2.03. The van der Waals surface area contributed by atoms with Gasteiger partial charge in [-0.2, -0.15) is 0 Å². The van der Waals surface area contributed by atoms with Crippen molar-refractivity contribution in [3.05, 3.63) is 59.4 Å². The highest BCUT2D eigenvalue weighted by molar-refractivity contribution is 5.37. The molecule has 1 N–H and O–H groups in total. The quantitative estimate of drug-likeness (QED) is 0.906. The Morgan fingerprint density at radius 3 is 2.50 bits per heavy atom. The van der Waals surface area contributed by atoms with Crippen molar-refractivity contribution in [2.45, 2.75) is 32.8 Å². The topological polar surface area (TPSA) is 42.4 Å². The Labute approximate surface area is 120 Å². The zero-order valence-electron chi connectivity index (χ0n) is 12.3. The maximum absolute atomic E-state index is 10.8. The molecule has 0 fully saturated rings. The highest BCUT2D eigenvalue weighted by Gasteiger charge is 2.26. The highest BCUT2D eigenvalue weighted by Crippen LogP contribution is 2.30. The summed E-state index contributed by atoms with van der Waals surface area (Å²) in [6, 6.07) is 9.72. The molecular formula is C17H21NO2. The van der Waals surface area contributed by atoms with Crippen LogP contribution in [-0.4, -0.2) is 16.7 Å². The number of rotatable bonds is 5.